The van der Waals surface area contributed by atoms with E-state index in [4.69, 9.17) is 26.4 Å². The van der Waals surface area contributed by atoms with Gasteiger partial charge in [-0.2, -0.15) is 0 Å². The highest BCUT2D eigenvalue weighted by atomic mass is 32.2. The number of likely N-dealkylation sites (N-methyl/N-ethyl adjacent to an activating group) is 1. The number of hydrogen-bond acceptors (Lipinski definition) is 6. The third-order valence-electron chi connectivity index (χ3n) is 3.82. The molecule has 0 aromatic heterocycles. The van der Waals surface area contributed by atoms with Crippen molar-refractivity contribution in [3.05, 3.63) is 59.0 Å². The molecule has 1 amide bonds. The second kappa shape index (κ2) is 8.92. The van der Waals surface area contributed by atoms with Gasteiger partial charge in [0.25, 0.3) is 5.91 Å². The summed E-state index contributed by atoms with van der Waals surface area (Å²) in [6.07, 6.45) is 1.82. The van der Waals surface area contributed by atoms with Crippen molar-refractivity contribution in [3.8, 4) is 17.2 Å². The maximum Gasteiger partial charge on any atom is 0.265 e. The first-order valence-corrected chi connectivity index (χ1v) is 9.50. The van der Waals surface area contributed by atoms with Crippen molar-refractivity contribution in [3.63, 3.8) is 0 Å². The topological polar surface area (TPSA) is 48.0 Å². The highest BCUT2D eigenvalue weighted by molar-refractivity contribution is 8.26. The Kier molecular flexibility index (Phi) is 6.36. The second-order valence-corrected chi connectivity index (χ2v) is 7.36. The Hall–Kier alpha value is -2.51. The molecular formula is C20H19NO4S2. The van der Waals surface area contributed by atoms with Gasteiger partial charge in [-0.15, -0.1) is 0 Å². The van der Waals surface area contributed by atoms with Crippen LogP contribution in [0, 0.1) is 0 Å². The van der Waals surface area contributed by atoms with Crippen molar-refractivity contribution in [2.24, 2.45) is 0 Å². The van der Waals surface area contributed by atoms with Gasteiger partial charge in [0.05, 0.1) is 12.0 Å². The minimum atomic E-state index is -0.0794. The van der Waals surface area contributed by atoms with E-state index in [0.29, 0.717) is 28.2 Å². The molecule has 1 saturated heterocycles. The van der Waals surface area contributed by atoms with E-state index in [2.05, 4.69) is 0 Å². The van der Waals surface area contributed by atoms with Crippen molar-refractivity contribution in [2.45, 2.75) is 0 Å². The lowest BCUT2D eigenvalue weighted by Crippen LogP contribution is -2.22. The van der Waals surface area contributed by atoms with Gasteiger partial charge in [0.1, 0.15) is 34.8 Å². The molecule has 140 valence electrons. The average molecular weight is 402 g/mol. The summed E-state index contributed by atoms with van der Waals surface area (Å²) in [4.78, 5) is 14.2. The summed E-state index contributed by atoms with van der Waals surface area (Å²) < 4.78 is 17.1. The first kappa shape index (κ1) is 19.3. The lowest BCUT2D eigenvalue weighted by atomic mass is 10.2. The smallest absolute Gasteiger partial charge is 0.265 e. The van der Waals surface area contributed by atoms with Gasteiger partial charge in [-0.3, -0.25) is 9.69 Å². The summed E-state index contributed by atoms with van der Waals surface area (Å²) in [7, 11) is 3.31. The van der Waals surface area contributed by atoms with Crippen LogP contribution in [0.3, 0.4) is 0 Å². The van der Waals surface area contributed by atoms with Crippen LogP contribution in [-0.4, -0.2) is 42.5 Å². The molecule has 0 saturated carbocycles. The molecule has 7 heteroatoms. The molecule has 0 bridgehead atoms. The Bertz CT molecular complexity index is 865. The second-order valence-electron chi connectivity index (χ2n) is 5.69. The molecule has 0 atom stereocenters. The van der Waals surface area contributed by atoms with Crippen molar-refractivity contribution in [2.75, 3.05) is 27.4 Å². The fourth-order valence-electron chi connectivity index (χ4n) is 2.38. The third-order valence-corrected chi connectivity index (χ3v) is 5.31. The Morgan fingerprint density at radius 2 is 1.70 bits per heavy atom. The molecule has 0 spiro atoms. The molecule has 0 radical (unpaired) electrons. The molecule has 0 unspecified atom stereocenters. The first-order chi connectivity index (χ1) is 13.1. The van der Waals surface area contributed by atoms with Crippen LogP contribution in [0.5, 0.6) is 17.2 Å². The lowest BCUT2D eigenvalue weighted by molar-refractivity contribution is -0.121. The minimum Gasteiger partial charge on any atom is -0.497 e. The number of carbonyl (C=O) groups excluding carboxylic acids is 1. The van der Waals surface area contributed by atoms with E-state index in [9.17, 15) is 4.79 Å². The molecule has 1 heterocycles. The van der Waals surface area contributed by atoms with Crippen LogP contribution in [0.1, 0.15) is 5.56 Å². The predicted molar refractivity (Wildman–Crippen MR) is 111 cm³/mol. The zero-order chi connectivity index (χ0) is 19.2. The summed E-state index contributed by atoms with van der Waals surface area (Å²) in [6, 6.07) is 15.0. The monoisotopic (exact) mass is 401 g/mol. The van der Waals surface area contributed by atoms with Gasteiger partial charge in [0.15, 0.2) is 0 Å². The molecule has 2 aromatic rings. The number of amides is 1. The van der Waals surface area contributed by atoms with Crippen molar-refractivity contribution >= 4 is 40.3 Å². The number of nitrogens with zero attached hydrogens (tertiary/aromatic N) is 1. The van der Waals surface area contributed by atoms with E-state index in [1.54, 1.807) is 14.2 Å². The van der Waals surface area contributed by atoms with Gasteiger partial charge < -0.3 is 14.2 Å². The standard InChI is InChI=1S/C20H19NO4S2/c1-21-19(22)18(27-20(21)26)13-14-4-3-5-17(12-14)25-11-10-24-16-8-6-15(23-2)7-9-16/h3-9,12-13H,10-11H2,1-2H3. The van der Waals surface area contributed by atoms with Crippen LogP contribution in [0.2, 0.25) is 0 Å². The minimum absolute atomic E-state index is 0.0794. The van der Waals surface area contributed by atoms with Crippen LogP contribution in [0.15, 0.2) is 53.4 Å². The van der Waals surface area contributed by atoms with Gasteiger partial charge >= 0.3 is 0 Å². The van der Waals surface area contributed by atoms with Gasteiger partial charge in [-0.25, -0.2) is 0 Å². The molecule has 1 aliphatic rings. The zero-order valence-corrected chi connectivity index (χ0v) is 16.6. The number of carbonyl (C=O) groups is 1. The number of benzene rings is 2. The zero-order valence-electron chi connectivity index (χ0n) is 15.0. The van der Waals surface area contributed by atoms with Crippen LogP contribution in [0.4, 0.5) is 0 Å². The van der Waals surface area contributed by atoms with Crippen LogP contribution < -0.4 is 14.2 Å². The molecule has 1 aliphatic heterocycles. The van der Waals surface area contributed by atoms with E-state index in [1.807, 2.05) is 54.6 Å². The molecule has 3 rings (SSSR count). The Balaban J connectivity index is 1.53. The van der Waals surface area contributed by atoms with Crippen LogP contribution in [-0.2, 0) is 4.79 Å². The van der Waals surface area contributed by atoms with Crippen molar-refractivity contribution < 1.29 is 19.0 Å². The summed E-state index contributed by atoms with van der Waals surface area (Å²) in [6.45, 7) is 0.831. The third kappa shape index (κ3) is 5.02. The van der Waals surface area contributed by atoms with E-state index in [1.165, 1.54) is 16.7 Å². The lowest BCUT2D eigenvalue weighted by Gasteiger charge is -2.09. The number of rotatable bonds is 7. The summed E-state index contributed by atoms with van der Waals surface area (Å²) in [5.41, 5.74) is 0.887. The van der Waals surface area contributed by atoms with Gasteiger partial charge in [0, 0.05) is 7.05 Å². The SMILES string of the molecule is COc1ccc(OCCOc2cccc(C=C3SC(=S)N(C)C3=O)c2)cc1. The Labute approximate surface area is 167 Å². The quantitative estimate of drug-likeness (QED) is 0.397. The van der Waals surface area contributed by atoms with Gasteiger partial charge in [-0.05, 0) is 48.0 Å². The molecule has 0 N–H and O–H groups in total. The predicted octanol–water partition coefficient (Wildman–Crippen LogP) is 3.98. The van der Waals surface area contributed by atoms with E-state index >= 15 is 0 Å². The summed E-state index contributed by atoms with van der Waals surface area (Å²) in [5, 5.41) is 0. The largest absolute Gasteiger partial charge is 0.497 e. The van der Waals surface area contributed by atoms with Gasteiger partial charge in [0.2, 0.25) is 0 Å². The Morgan fingerprint density at radius 3 is 2.33 bits per heavy atom. The number of ether oxygens (including phenoxy) is 3. The number of thioether (sulfide) groups is 1. The summed E-state index contributed by atoms with van der Waals surface area (Å²) >= 11 is 6.45. The molecule has 1 fully saturated rings. The Morgan fingerprint density at radius 1 is 1.04 bits per heavy atom. The van der Waals surface area contributed by atoms with Crippen LogP contribution >= 0.6 is 24.0 Å². The normalized spacial score (nSPS) is 15.3. The van der Waals surface area contributed by atoms with Crippen molar-refractivity contribution in [1.82, 2.24) is 4.90 Å². The molecule has 5 nitrogen and oxygen atoms in total. The number of thiocarbonyl (C=S) groups is 1. The van der Waals surface area contributed by atoms with E-state index in [-0.39, 0.29) is 5.91 Å². The fraction of sp³-hybridized carbons (Fsp3) is 0.200. The van der Waals surface area contributed by atoms with Gasteiger partial charge in [-0.1, -0.05) is 36.1 Å². The van der Waals surface area contributed by atoms with Crippen molar-refractivity contribution in [1.29, 1.82) is 0 Å². The fourth-order valence-corrected chi connectivity index (χ4v) is 3.56. The highest BCUT2D eigenvalue weighted by Crippen LogP contribution is 2.31. The molecule has 2 aromatic carbocycles. The van der Waals surface area contributed by atoms with E-state index in [0.717, 1.165) is 17.1 Å². The number of methoxy groups -OCH3 is 1. The average Bonchev–Trinajstić information content (AvgIpc) is 2.93. The summed E-state index contributed by atoms with van der Waals surface area (Å²) in [5.74, 6) is 2.18. The first-order valence-electron chi connectivity index (χ1n) is 8.28. The number of hydrogen-bond donors (Lipinski definition) is 0. The van der Waals surface area contributed by atoms with Crippen LogP contribution in [0.25, 0.3) is 6.08 Å². The molecule has 27 heavy (non-hydrogen) atoms. The van der Waals surface area contributed by atoms with E-state index < -0.39 is 0 Å². The molecule has 0 aliphatic carbocycles. The maximum atomic E-state index is 12.1. The maximum absolute atomic E-state index is 12.1. The molecular weight excluding hydrogens is 382 g/mol. The highest BCUT2D eigenvalue weighted by Gasteiger charge is 2.28.